The first-order valence-corrected chi connectivity index (χ1v) is 39.8. The highest BCUT2D eigenvalue weighted by Crippen LogP contribution is 2.29. The van der Waals surface area contributed by atoms with Gasteiger partial charge in [-0.05, 0) is 137 Å². The summed E-state index contributed by atoms with van der Waals surface area (Å²) in [5.41, 5.74) is 32.5. The van der Waals surface area contributed by atoms with Crippen molar-refractivity contribution in [3.8, 4) is 5.75 Å². The molecule has 14 atom stereocenters. The largest absolute Gasteiger partial charge is 0.508 e. The Morgan fingerprint density at radius 1 is 0.441 bits per heavy atom. The monoisotopic (exact) mass is 1650 g/mol. The SMILES string of the molecule is CC(C)C[C@H](NC(=O)CN)C(=O)N[C@@H](CCC(N)=O)C(=O)N1CCC[C@H]1C(=O)N[C@@H](Cc1ccccc1)C(=O)N1C[C@@H](N=[N+]=[N-])C[C@H]1C(=O)N[C@@H](CCC(N)=O)C(=O)N1CCC[C@H]1C(=O)N[C@@H](CCC(=O)O)C(=O)N[C@@H](CC(C)C)C(=O)N1CCC[C@H]1C(=O)N[C@@H](Cc1ccc(O)cc1)C(=O)N1CCC[C@H]1C(=O)N[C@@H](CCC(N)=O)C(=O)O. The molecule has 0 radical (unpaired) electrons. The number of hydrogen-bond acceptors (Lipinski definition) is 21. The van der Waals surface area contributed by atoms with Crippen LogP contribution >= 0.6 is 0 Å². The Bertz CT molecular complexity index is 4070. The summed E-state index contributed by atoms with van der Waals surface area (Å²) in [6, 6.07) is -5.57. The van der Waals surface area contributed by atoms with Gasteiger partial charge in [0.25, 0.3) is 0 Å². The number of phenolic OH excluding ortho intramolecular Hbond substituents is 1. The fourth-order valence-electron chi connectivity index (χ4n) is 15.5. The van der Waals surface area contributed by atoms with Crippen LogP contribution in [-0.2, 0) is 99.1 Å². The molecule has 41 heteroatoms. The summed E-state index contributed by atoms with van der Waals surface area (Å²) in [5, 5.41) is 54.6. The Hall–Kier alpha value is -12.0. The topological polar surface area (TPSA) is 633 Å². The van der Waals surface area contributed by atoms with Gasteiger partial charge in [-0.3, -0.25) is 81.5 Å². The van der Waals surface area contributed by atoms with E-state index in [-0.39, 0.29) is 146 Å². The first-order chi connectivity index (χ1) is 56.0. The quantitative estimate of drug-likeness (QED) is 0.0180. The molecule has 5 aliphatic rings. The number of phenols is 1. The number of nitrogens with zero attached hydrogens (tertiary/aromatic N) is 8. The van der Waals surface area contributed by atoms with Crippen molar-refractivity contribution in [3.05, 3.63) is 76.2 Å². The Kier molecular flexibility index (Phi) is 35.0. The van der Waals surface area contributed by atoms with Crippen LogP contribution in [0.3, 0.4) is 0 Å². The average molecular weight is 1650 g/mol. The lowest BCUT2D eigenvalue weighted by Crippen LogP contribution is -2.60. The van der Waals surface area contributed by atoms with Gasteiger partial charge in [-0.25, -0.2) is 4.79 Å². The minimum Gasteiger partial charge on any atom is -0.508 e. The highest BCUT2D eigenvalue weighted by molar-refractivity contribution is 6.01. The number of azide groups is 1. The van der Waals surface area contributed by atoms with Crippen molar-refractivity contribution >= 4 is 106 Å². The first kappa shape index (κ1) is 93.1. The van der Waals surface area contributed by atoms with E-state index in [2.05, 4.69) is 52.6 Å². The molecule has 118 heavy (non-hydrogen) atoms. The molecule has 7 rings (SSSR count). The summed E-state index contributed by atoms with van der Waals surface area (Å²) in [4.78, 5) is 257. The van der Waals surface area contributed by atoms with Gasteiger partial charge in [0, 0.05) is 76.2 Å². The van der Waals surface area contributed by atoms with Crippen molar-refractivity contribution in [1.82, 2.24) is 67.0 Å². The van der Waals surface area contributed by atoms with Crippen LogP contribution in [0.5, 0.6) is 5.75 Å². The van der Waals surface area contributed by atoms with Crippen molar-refractivity contribution in [2.75, 3.05) is 39.3 Å². The molecule has 0 spiro atoms. The maximum atomic E-state index is 15.3. The second kappa shape index (κ2) is 44.3. The van der Waals surface area contributed by atoms with E-state index in [9.17, 15) is 97.6 Å². The molecule has 5 fully saturated rings. The normalized spacial score (nSPS) is 20.3. The van der Waals surface area contributed by atoms with Crippen molar-refractivity contribution in [3.63, 3.8) is 0 Å². The van der Waals surface area contributed by atoms with Crippen LogP contribution < -0.4 is 65.5 Å². The summed E-state index contributed by atoms with van der Waals surface area (Å²) < 4.78 is 0. The van der Waals surface area contributed by atoms with E-state index in [4.69, 9.17) is 22.9 Å². The Morgan fingerprint density at radius 3 is 1.22 bits per heavy atom. The average Bonchev–Trinajstić information content (AvgIpc) is 1.63. The van der Waals surface area contributed by atoms with E-state index in [0.717, 1.165) is 9.80 Å². The lowest BCUT2D eigenvalue weighted by molar-refractivity contribution is -0.146. The molecule has 2 aromatic carbocycles. The molecule has 644 valence electrons. The number of nitrogens with one attached hydrogen (secondary N) is 8. The summed E-state index contributed by atoms with van der Waals surface area (Å²) in [7, 11) is 0. The van der Waals surface area contributed by atoms with Crippen molar-refractivity contribution in [1.29, 1.82) is 0 Å². The number of benzene rings is 2. The lowest BCUT2D eigenvalue weighted by atomic mass is 10.0. The fraction of sp³-hybridized carbons (Fsp3) is 0.610. The van der Waals surface area contributed by atoms with E-state index >= 15 is 9.59 Å². The van der Waals surface area contributed by atoms with Gasteiger partial charge in [0.1, 0.15) is 84.3 Å². The number of hydrogen-bond donors (Lipinski definition) is 15. The second-order valence-corrected chi connectivity index (χ2v) is 31.2. The van der Waals surface area contributed by atoms with E-state index in [1.54, 1.807) is 58.0 Å². The molecule has 2 aromatic rings. The van der Waals surface area contributed by atoms with Crippen LogP contribution in [0.2, 0.25) is 0 Å². The number of carboxylic acid groups (broad SMARTS) is 2. The number of primary amides is 3. The molecule has 0 aliphatic carbocycles. The van der Waals surface area contributed by atoms with Gasteiger partial charge in [-0.15, -0.1) is 0 Å². The highest BCUT2D eigenvalue weighted by atomic mass is 16.4. The Labute approximate surface area is 680 Å². The van der Waals surface area contributed by atoms with E-state index in [1.807, 2.05) is 0 Å². The maximum Gasteiger partial charge on any atom is 0.326 e. The summed E-state index contributed by atoms with van der Waals surface area (Å²) in [6.45, 7) is 6.05. The van der Waals surface area contributed by atoms with Gasteiger partial charge in [0.05, 0.1) is 12.6 Å². The molecule has 0 aromatic heterocycles. The van der Waals surface area contributed by atoms with E-state index in [0.29, 0.717) is 17.5 Å². The van der Waals surface area contributed by atoms with Crippen LogP contribution in [0.25, 0.3) is 10.4 Å². The first-order valence-electron chi connectivity index (χ1n) is 39.8. The van der Waals surface area contributed by atoms with Gasteiger partial charge < -0.3 is 105 Å². The molecule has 0 unspecified atom stereocenters. The predicted octanol–water partition coefficient (Wildman–Crippen LogP) is -2.90. The minimum absolute atomic E-state index is 0.0132. The predicted molar refractivity (Wildman–Crippen MR) is 417 cm³/mol. The number of aliphatic carboxylic acids is 2. The number of carboxylic acids is 2. The van der Waals surface area contributed by atoms with Crippen LogP contribution in [0.1, 0.15) is 161 Å². The van der Waals surface area contributed by atoms with Crippen molar-refractivity contribution in [2.24, 2.45) is 39.9 Å². The van der Waals surface area contributed by atoms with Crippen LogP contribution in [-0.4, -0.2) is 270 Å². The standard InChI is InChI=1S/C77H110N20O21/c1-41(2)34-51(83-63(102)39-78)66(106)85-48(22-26-60(79)99)72(112)94-31-9-16-57(94)69(109)90-54(36-43-12-6-5-7-13-43)76(116)97-40-45(91-92-82)38-59(97)71(111)86-49(23-27-61(80)100)73(113)93-30-8-14-55(93)67(107)84-47(25-29-64(103)104)65(105)88-52(35-42(3)4)74(114)95-32-11-17-58(95)70(110)89-53(37-44-18-20-46(98)21-19-44)75(115)96-33-10-15-56(96)68(108)87-50(77(117)118)24-28-62(81)101/h5-7,12-13,18-21,41-42,45,47-59,98H,8-11,14-17,22-40,78H2,1-4H3,(H2,79,99)(H2,80,100)(H2,81,101)(H,83,102)(H,84,107)(H,85,106)(H,86,111)(H,87,108)(H,88,105)(H,89,110)(H,90,109)(H,103,104)(H,117,118)/t45-,47-,48-,49-,50-,51-,52-,53-,54-,55-,56-,57-,58-,59-/m0/s1. The summed E-state index contributed by atoms with van der Waals surface area (Å²) >= 11 is 0. The number of amides is 16. The van der Waals surface area contributed by atoms with Gasteiger partial charge in [0.2, 0.25) is 94.5 Å². The molecular weight excluding hydrogens is 1540 g/mol. The zero-order valence-corrected chi connectivity index (χ0v) is 66.6. The molecule has 0 bridgehead atoms. The summed E-state index contributed by atoms with van der Waals surface area (Å²) in [5.74, 6) is -16.9. The molecule has 5 aliphatic heterocycles. The van der Waals surface area contributed by atoms with Crippen molar-refractivity contribution in [2.45, 2.75) is 247 Å². The minimum atomic E-state index is -1.71. The number of carbonyl (C=O) groups is 18. The van der Waals surface area contributed by atoms with E-state index < -0.39 is 230 Å². The number of carbonyl (C=O) groups excluding carboxylic acids is 16. The number of likely N-dealkylation sites (tertiary alicyclic amines) is 5. The fourth-order valence-corrected chi connectivity index (χ4v) is 15.5. The van der Waals surface area contributed by atoms with Gasteiger partial charge in [-0.2, -0.15) is 0 Å². The number of nitrogens with two attached hydrogens (primary N) is 4. The molecule has 41 nitrogen and oxygen atoms in total. The number of rotatable bonds is 43. The zero-order valence-electron chi connectivity index (χ0n) is 66.6. The Morgan fingerprint density at radius 2 is 0.797 bits per heavy atom. The number of aromatic hydroxyl groups is 1. The van der Waals surface area contributed by atoms with Crippen LogP contribution in [0.15, 0.2) is 59.7 Å². The molecule has 0 saturated carbocycles. The summed E-state index contributed by atoms with van der Waals surface area (Å²) in [6.07, 6.45) is -3.12. The molecule has 5 heterocycles. The Balaban J connectivity index is 1.08. The zero-order chi connectivity index (χ0) is 86.8. The van der Waals surface area contributed by atoms with E-state index in [1.165, 1.54) is 39.0 Å². The lowest BCUT2D eigenvalue weighted by Gasteiger charge is -2.33. The second-order valence-electron chi connectivity index (χ2n) is 31.2. The molecule has 19 N–H and O–H groups in total. The van der Waals surface area contributed by atoms with Crippen LogP contribution in [0, 0.1) is 11.8 Å². The van der Waals surface area contributed by atoms with Gasteiger partial charge in [0.15, 0.2) is 0 Å². The highest BCUT2D eigenvalue weighted by Gasteiger charge is 2.48. The van der Waals surface area contributed by atoms with Gasteiger partial charge >= 0.3 is 11.9 Å². The molecular formula is C77H110N20O21. The van der Waals surface area contributed by atoms with Crippen molar-refractivity contribution < 1.29 is 102 Å². The third kappa shape index (κ3) is 26.8. The van der Waals surface area contributed by atoms with Crippen LogP contribution in [0.4, 0.5) is 0 Å². The molecule has 5 saturated heterocycles. The smallest absolute Gasteiger partial charge is 0.326 e. The third-order valence-electron chi connectivity index (χ3n) is 21.3. The maximum absolute atomic E-state index is 15.3. The third-order valence-corrected chi connectivity index (χ3v) is 21.3. The van der Waals surface area contributed by atoms with Gasteiger partial charge in [-0.1, -0.05) is 75.3 Å². The molecule has 16 amide bonds.